The summed E-state index contributed by atoms with van der Waals surface area (Å²) in [5.74, 6) is -0.923. The molecule has 0 saturated carbocycles. The van der Waals surface area contributed by atoms with Gasteiger partial charge in [0.05, 0.1) is 0 Å². The van der Waals surface area contributed by atoms with E-state index < -0.39 is 5.97 Å². The molecule has 0 aliphatic carbocycles. The molecule has 0 spiro atoms. The second-order valence-electron chi connectivity index (χ2n) is 4.07. The minimum absolute atomic E-state index is 0.121. The van der Waals surface area contributed by atoms with Crippen LogP contribution in [0.25, 0.3) is 0 Å². The van der Waals surface area contributed by atoms with Crippen LogP contribution in [-0.2, 0) is 4.79 Å². The maximum Gasteiger partial charge on any atom is 0.303 e. The lowest BCUT2D eigenvalue weighted by molar-refractivity contribution is -0.137. The number of carbonyl (C=O) groups excluding carboxylic acids is 1. The van der Waals surface area contributed by atoms with Crippen molar-refractivity contribution in [3.05, 3.63) is 33.8 Å². The number of carboxylic acids is 1. The summed E-state index contributed by atoms with van der Waals surface area (Å²) >= 11 is 3.33. The van der Waals surface area contributed by atoms with Gasteiger partial charge in [0.1, 0.15) is 0 Å². The smallest absolute Gasteiger partial charge is 0.303 e. The van der Waals surface area contributed by atoms with E-state index in [1.165, 1.54) is 0 Å². The Morgan fingerprint density at radius 3 is 2.72 bits per heavy atom. The molecule has 0 aliphatic heterocycles. The third-order valence-electron chi connectivity index (χ3n) is 2.55. The topological polar surface area (TPSA) is 66.4 Å². The Bertz CT molecular complexity index is 446. The van der Waals surface area contributed by atoms with E-state index in [0.29, 0.717) is 24.9 Å². The Morgan fingerprint density at radius 1 is 1.33 bits per heavy atom. The number of aliphatic carboxylic acids is 1. The highest BCUT2D eigenvalue weighted by Gasteiger charge is 2.08. The second kappa shape index (κ2) is 7.16. The van der Waals surface area contributed by atoms with E-state index in [1.807, 2.05) is 19.1 Å². The second-order valence-corrected chi connectivity index (χ2v) is 4.98. The van der Waals surface area contributed by atoms with Crippen molar-refractivity contribution in [3.8, 4) is 0 Å². The highest BCUT2D eigenvalue weighted by atomic mass is 79.9. The maximum atomic E-state index is 11.9. The lowest BCUT2D eigenvalue weighted by Gasteiger charge is -2.07. The summed E-state index contributed by atoms with van der Waals surface area (Å²) < 4.78 is 0.865. The van der Waals surface area contributed by atoms with Gasteiger partial charge in [-0.25, -0.2) is 0 Å². The first-order valence-electron chi connectivity index (χ1n) is 5.77. The fourth-order valence-corrected chi connectivity index (χ4v) is 1.90. The van der Waals surface area contributed by atoms with Gasteiger partial charge in [-0.05, 0) is 37.5 Å². The van der Waals surface area contributed by atoms with E-state index in [9.17, 15) is 9.59 Å². The van der Waals surface area contributed by atoms with Crippen LogP contribution in [0.15, 0.2) is 22.7 Å². The number of nitrogens with one attached hydrogen (secondary N) is 1. The summed E-state index contributed by atoms with van der Waals surface area (Å²) in [4.78, 5) is 22.2. The Morgan fingerprint density at radius 2 is 2.06 bits per heavy atom. The van der Waals surface area contributed by atoms with Crippen LogP contribution in [-0.4, -0.2) is 23.5 Å². The molecule has 18 heavy (non-hydrogen) atoms. The van der Waals surface area contributed by atoms with Gasteiger partial charge in [0.25, 0.3) is 5.91 Å². The molecule has 0 bridgehead atoms. The average molecular weight is 314 g/mol. The van der Waals surface area contributed by atoms with Crippen LogP contribution in [0.5, 0.6) is 0 Å². The number of carboxylic acid groups (broad SMARTS) is 1. The minimum atomic E-state index is -0.802. The largest absolute Gasteiger partial charge is 0.481 e. The molecular weight excluding hydrogens is 298 g/mol. The molecule has 5 heteroatoms. The van der Waals surface area contributed by atoms with Gasteiger partial charge < -0.3 is 10.4 Å². The Labute approximate surface area is 115 Å². The number of halogens is 1. The van der Waals surface area contributed by atoms with Crippen molar-refractivity contribution in [2.24, 2.45) is 0 Å². The lowest BCUT2D eigenvalue weighted by Crippen LogP contribution is -2.25. The molecule has 1 amide bonds. The number of benzene rings is 1. The van der Waals surface area contributed by atoms with E-state index in [2.05, 4.69) is 21.2 Å². The van der Waals surface area contributed by atoms with Crippen molar-refractivity contribution in [3.63, 3.8) is 0 Å². The first-order valence-corrected chi connectivity index (χ1v) is 6.56. The van der Waals surface area contributed by atoms with Gasteiger partial charge in [0.2, 0.25) is 0 Å². The van der Waals surface area contributed by atoms with Gasteiger partial charge in [-0.15, -0.1) is 0 Å². The van der Waals surface area contributed by atoms with Crippen molar-refractivity contribution >= 4 is 27.8 Å². The van der Waals surface area contributed by atoms with E-state index in [4.69, 9.17) is 5.11 Å². The van der Waals surface area contributed by atoms with Crippen LogP contribution in [0.2, 0.25) is 0 Å². The normalized spacial score (nSPS) is 10.1. The maximum absolute atomic E-state index is 11.9. The lowest BCUT2D eigenvalue weighted by atomic mass is 10.1. The van der Waals surface area contributed by atoms with Gasteiger partial charge in [-0.2, -0.15) is 0 Å². The number of hydrogen-bond acceptors (Lipinski definition) is 2. The van der Waals surface area contributed by atoms with Gasteiger partial charge >= 0.3 is 5.97 Å². The van der Waals surface area contributed by atoms with E-state index in [0.717, 1.165) is 10.0 Å². The number of unbranched alkanes of at least 4 members (excludes halogenated alkanes) is 1. The molecule has 1 rings (SSSR count). The fraction of sp³-hybridized carbons (Fsp3) is 0.385. The predicted molar refractivity (Wildman–Crippen MR) is 72.7 cm³/mol. The number of aryl methyl sites for hydroxylation is 1. The number of amides is 1. The summed E-state index contributed by atoms with van der Waals surface area (Å²) in [5.41, 5.74) is 1.56. The quantitative estimate of drug-likeness (QED) is 0.794. The third kappa shape index (κ3) is 4.87. The van der Waals surface area contributed by atoms with Crippen molar-refractivity contribution in [2.45, 2.75) is 26.2 Å². The number of carbonyl (C=O) groups is 2. The van der Waals surface area contributed by atoms with Crippen LogP contribution in [0, 0.1) is 6.92 Å². The summed E-state index contributed by atoms with van der Waals surface area (Å²) in [6, 6.07) is 5.55. The van der Waals surface area contributed by atoms with E-state index in [1.54, 1.807) is 6.07 Å². The predicted octanol–water partition coefficient (Wildman–Crippen LogP) is 2.74. The summed E-state index contributed by atoms with van der Waals surface area (Å²) in [6.45, 7) is 2.38. The molecule has 1 aromatic carbocycles. The summed E-state index contributed by atoms with van der Waals surface area (Å²) in [7, 11) is 0. The van der Waals surface area contributed by atoms with Crippen LogP contribution in [0.3, 0.4) is 0 Å². The molecule has 1 aromatic rings. The van der Waals surface area contributed by atoms with Gasteiger partial charge in [-0.1, -0.05) is 22.0 Å². The summed E-state index contributed by atoms with van der Waals surface area (Å²) in [5, 5.41) is 11.3. The van der Waals surface area contributed by atoms with Gasteiger partial charge in [-0.3, -0.25) is 9.59 Å². The molecule has 2 N–H and O–H groups in total. The SMILES string of the molecule is Cc1ccc(Br)cc1C(=O)NCCCCC(=O)O. The molecule has 4 nitrogen and oxygen atoms in total. The van der Waals surface area contributed by atoms with Gasteiger partial charge in [0.15, 0.2) is 0 Å². The average Bonchev–Trinajstić information content (AvgIpc) is 2.31. The van der Waals surface area contributed by atoms with Crippen LogP contribution in [0.1, 0.15) is 35.2 Å². The number of rotatable bonds is 6. The van der Waals surface area contributed by atoms with Crippen LogP contribution < -0.4 is 5.32 Å². The van der Waals surface area contributed by atoms with E-state index >= 15 is 0 Å². The molecule has 0 heterocycles. The Balaban J connectivity index is 2.41. The summed E-state index contributed by atoms with van der Waals surface area (Å²) in [6.07, 6.45) is 1.39. The molecular formula is C13H16BrNO3. The first-order chi connectivity index (χ1) is 8.50. The molecule has 0 unspecified atom stereocenters. The zero-order chi connectivity index (χ0) is 13.5. The standard InChI is InChI=1S/C13H16BrNO3/c1-9-5-6-10(14)8-11(9)13(18)15-7-3-2-4-12(16)17/h5-6,8H,2-4,7H2,1H3,(H,15,18)(H,16,17). The van der Waals surface area contributed by atoms with Crippen molar-refractivity contribution in [1.29, 1.82) is 0 Å². The Hall–Kier alpha value is -1.36. The highest BCUT2D eigenvalue weighted by Crippen LogP contribution is 2.15. The molecule has 0 radical (unpaired) electrons. The van der Waals surface area contributed by atoms with Crippen molar-refractivity contribution in [1.82, 2.24) is 5.32 Å². The molecule has 0 atom stereocenters. The first kappa shape index (κ1) is 14.7. The van der Waals surface area contributed by atoms with Crippen molar-refractivity contribution in [2.75, 3.05) is 6.54 Å². The van der Waals surface area contributed by atoms with Crippen molar-refractivity contribution < 1.29 is 14.7 Å². The van der Waals surface area contributed by atoms with E-state index in [-0.39, 0.29) is 12.3 Å². The monoisotopic (exact) mass is 313 g/mol. The van der Waals surface area contributed by atoms with Crippen LogP contribution >= 0.6 is 15.9 Å². The fourth-order valence-electron chi connectivity index (χ4n) is 1.54. The highest BCUT2D eigenvalue weighted by molar-refractivity contribution is 9.10. The zero-order valence-corrected chi connectivity index (χ0v) is 11.8. The van der Waals surface area contributed by atoms with Gasteiger partial charge in [0, 0.05) is 23.0 Å². The molecule has 0 aliphatic rings. The molecule has 98 valence electrons. The molecule has 0 aromatic heterocycles. The third-order valence-corrected chi connectivity index (χ3v) is 3.04. The minimum Gasteiger partial charge on any atom is -0.481 e. The number of hydrogen-bond donors (Lipinski definition) is 2. The molecule has 0 fully saturated rings. The zero-order valence-electron chi connectivity index (χ0n) is 10.2. The van der Waals surface area contributed by atoms with Crippen LogP contribution in [0.4, 0.5) is 0 Å². The molecule has 0 saturated heterocycles. The Kier molecular flexibility index (Phi) is 5.85.